The Morgan fingerprint density at radius 3 is 2.97 bits per heavy atom. The number of carbonyl (C=O) groups is 1. The van der Waals surface area contributed by atoms with Crippen molar-refractivity contribution in [3.05, 3.63) is 46.6 Å². The van der Waals surface area contributed by atoms with E-state index in [1.807, 2.05) is 19.1 Å². The minimum absolute atomic E-state index is 0.0105. The number of anilines is 1. The number of nitrogens with zero attached hydrogens (tertiary/aromatic N) is 3. The van der Waals surface area contributed by atoms with Crippen molar-refractivity contribution in [3.8, 4) is 11.8 Å². The highest BCUT2D eigenvalue weighted by atomic mass is 35.5. The van der Waals surface area contributed by atoms with E-state index in [0.29, 0.717) is 48.3 Å². The van der Waals surface area contributed by atoms with Gasteiger partial charge in [0.1, 0.15) is 5.58 Å². The van der Waals surface area contributed by atoms with E-state index >= 15 is 0 Å². The zero-order chi connectivity index (χ0) is 21.1. The van der Waals surface area contributed by atoms with Gasteiger partial charge in [0.2, 0.25) is 22.8 Å². The molecule has 5 heterocycles. The molecule has 0 aliphatic carbocycles. The molecule has 2 N–H and O–H groups in total. The predicted octanol–water partition coefficient (Wildman–Crippen LogP) is 3.79. The van der Waals surface area contributed by atoms with Crippen LogP contribution >= 0.6 is 11.6 Å². The number of furan rings is 1. The van der Waals surface area contributed by atoms with Gasteiger partial charge < -0.3 is 24.5 Å². The first kappa shape index (κ1) is 18.3. The van der Waals surface area contributed by atoms with Crippen LogP contribution in [-0.4, -0.2) is 33.4 Å². The molecule has 0 fully saturated rings. The second kappa shape index (κ2) is 6.79. The highest BCUT2D eigenvalue weighted by Gasteiger charge is 2.27. The number of hydrogen-bond acceptors (Lipinski definition) is 8. The van der Waals surface area contributed by atoms with Crippen LogP contribution in [-0.2, 0) is 18.0 Å². The number of pyridine rings is 1. The first-order valence-corrected chi connectivity index (χ1v) is 10.2. The number of ether oxygens (including phenoxy) is 2. The van der Waals surface area contributed by atoms with Crippen molar-refractivity contribution in [2.75, 3.05) is 11.9 Å². The Kier molecular flexibility index (Phi) is 4.02. The van der Waals surface area contributed by atoms with Crippen LogP contribution in [0.25, 0.3) is 21.9 Å². The van der Waals surface area contributed by atoms with Gasteiger partial charge in [-0.25, -0.2) is 9.97 Å². The summed E-state index contributed by atoms with van der Waals surface area (Å²) in [6.45, 7) is 3.27. The molecule has 1 amide bonds. The standard InChI is InChI=1S/C21H16ClN5O4/c1-9-6-23-17-16-10-2-5-15(31-20-11-7-29-8-13(11)26-21(22)27-20)25-12(10)3-4-14(16)30-18(17)19(28)24-9/h2-5,9,23H,6-8H2,1H3,(H,24,28). The fraction of sp³-hybridized carbons (Fsp3) is 0.238. The zero-order valence-corrected chi connectivity index (χ0v) is 17.1. The number of carbonyl (C=O) groups excluding carboxylic acids is 1. The molecule has 3 aromatic heterocycles. The van der Waals surface area contributed by atoms with Crippen molar-refractivity contribution >= 4 is 45.1 Å². The molecular weight excluding hydrogens is 422 g/mol. The molecule has 0 spiro atoms. The van der Waals surface area contributed by atoms with Crippen molar-refractivity contribution < 1.29 is 18.7 Å². The van der Waals surface area contributed by atoms with E-state index in [1.54, 1.807) is 12.1 Å². The maximum atomic E-state index is 12.5. The molecule has 2 aliphatic rings. The van der Waals surface area contributed by atoms with E-state index in [2.05, 4.69) is 25.6 Å². The van der Waals surface area contributed by atoms with Gasteiger partial charge in [-0.15, -0.1) is 0 Å². The first-order chi connectivity index (χ1) is 15.1. The summed E-state index contributed by atoms with van der Waals surface area (Å²) < 4.78 is 17.2. The van der Waals surface area contributed by atoms with Crippen LogP contribution in [0.15, 0.2) is 28.7 Å². The van der Waals surface area contributed by atoms with Gasteiger partial charge in [0, 0.05) is 24.0 Å². The van der Waals surface area contributed by atoms with Gasteiger partial charge in [-0.1, -0.05) is 0 Å². The quantitative estimate of drug-likeness (QED) is 0.455. The van der Waals surface area contributed by atoms with E-state index in [1.165, 1.54) is 0 Å². The molecule has 1 atom stereocenters. The molecule has 9 nitrogen and oxygen atoms in total. The van der Waals surface area contributed by atoms with Crippen molar-refractivity contribution in [1.82, 2.24) is 20.3 Å². The molecular formula is C21H16ClN5O4. The van der Waals surface area contributed by atoms with E-state index in [9.17, 15) is 4.79 Å². The highest BCUT2D eigenvalue weighted by Crippen LogP contribution is 2.38. The van der Waals surface area contributed by atoms with E-state index < -0.39 is 0 Å². The van der Waals surface area contributed by atoms with Gasteiger partial charge in [-0.3, -0.25) is 4.79 Å². The second-order valence-electron chi connectivity index (χ2n) is 7.53. The third kappa shape index (κ3) is 2.96. The Morgan fingerprint density at radius 2 is 2.06 bits per heavy atom. The maximum absolute atomic E-state index is 12.5. The fourth-order valence-corrected chi connectivity index (χ4v) is 4.12. The number of benzene rings is 1. The maximum Gasteiger partial charge on any atom is 0.289 e. The average Bonchev–Trinajstić information content (AvgIpc) is 3.33. The van der Waals surface area contributed by atoms with Crippen LogP contribution < -0.4 is 15.4 Å². The number of fused-ring (bicyclic) bond motifs is 6. The molecule has 10 heteroatoms. The van der Waals surface area contributed by atoms with Crippen LogP contribution in [0.3, 0.4) is 0 Å². The van der Waals surface area contributed by atoms with Crippen molar-refractivity contribution in [1.29, 1.82) is 0 Å². The summed E-state index contributed by atoms with van der Waals surface area (Å²) in [5.41, 5.74) is 3.47. The van der Waals surface area contributed by atoms with E-state index in [0.717, 1.165) is 22.0 Å². The van der Waals surface area contributed by atoms with E-state index in [-0.39, 0.29) is 23.0 Å². The first-order valence-electron chi connectivity index (χ1n) is 9.78. The topological polar surface area (TPSA) is 111 Å². The summed E-state index contributed by atoms with van der Waals surface area (Å²) in [5.74, 6) is 0.745. The number of amides is 1. The molecule has 0 saturated carbocycles. The van der Waals surface area contributed by atoms with Crippen LogP contribution in [0, 0.1) is 0 Å². The third-order valence-electron chi connectivity index (χ3n) is 5.38. The van der Waals surface area contributed by atoms with Gasteiger partial charge in [-0.05, 0) is 36.7 Å². The SMILES string of the molecule is CC1CNc2c(oc3ccc4nc(Oc5nc(Cl)nc6c5COC6)ccc4c23)C(=O)N1. The molecule has 156 valence electrons. The lowest BCUT2D eigenvalue weighted by atomic mass is 10.1. The lowest BCUT2D eigenvalue weighted by Gasteiger charge is -2.10. The Balaban J connectivity index is 1.45. The Labute approximate surface area is 180 Å². The fourth-order valence-electron chi connectivity index (χ4n) is 3.94. The molecule has 4 aromatic rings. The Morgan fingerprint density at radius 1 is 1.16 bits per heavy atom. The monoisotopic (exact) mass is 437 g/mol. The molecule has 2 aliphatic heterocycles. The van der Waals surface area contributed by atoms with Gasteiger partial charge in [0.15, 0.2) is 0 Å². The molecule has 0 saturated heterocycles. The molecule has 1 unspecified atom stereocenters. The lowest BCUT2D eigenvalue weighted by molar-refractivity contribution is 0.0920. The number of hydrogen-bond donors (Lipinski definition) is 2. The summed E-state index contributed by atoms with van der Waals surface area (Å²) in [6.07, 6.45) is 0. The summed E-state index contributed by atoms with van der Waals surface area (Å²) in [6, 6.07) is 7.26. The summed E-state index contributed by atoms with van der Waals surface area (Å²) in [7, 11) is 0. The molecule has 31 heavy (non-hydrogen) atoms. The van der Waals surface area contributed by atoms with Gasteiger partial charge in [-0.2, -0.15) is 4.98 Å². The summed E-state index contributed by atoms with van der Waals surface area (Å²) >= 11 is 6.02. The average molecular weight is 438 g/mol. The summed E-state index contributed by atoms with van der Waals surface area (Å²) in [4.78, 5) is 25.5. The molecule has 1 aromatic carbocycles. The van der Waals surface area contributed by atoms with E-state index in [4.69, 9.17) is 25.5 Å². The normalized spacial score (nSPS) is 17.7. The summed E-state index contributed by atoms with van der Waals surface area (Å²) in [5, 5.41) is 7.99. The minimum Gasteiger partial charge on any atom is -0.449 e. The zero-order valence-electron chi connectivity index (χ0n) is 16.4. The molecule has 0 radical (unpaired) electrons. The largest absolute Gasteiger partial charge is 0.449 e. The van der Waals surface area contributed by atoms with Crippen LogP contribution in [0.1, 0.15) is 28.7 Å². The Bertz CT molecular complexity index is 1390. The van der Waals surface area contributed by atoms with Crippen LogP contribution in [0.4, 0.5) is 5.69 Å². The lowest BCUT2D eigenvalue weighted by Crippen LogP contribution is -2.34. The minimum atomic E-state index is -0.235. The van der Waals surface area contributed by atoms with Gasteiger partial charge in [0.05, 0.1) is 41.1 Å². The second-order valence-corrected chi connectivity index (χ2v) is 7.87. The number of aromatic nitrogens is 3. The predicted molar refractivity (Wildman–Crippen MR) is 113 cm³/mol. The number of halogens is 1. The molecule has 0 bridgehead atoms. The van der Waals surface area contributed by atoms with Gasteiger partial charge >= 0.3 is 0 Å². The highest BCUT2D eigenvalue weighted by molar-refractivity contribution is 6.28. The third-order valence-corrected chi connectivity index (χ3v) is 5.55. The number of nitrogens with one attached hydrogen (secondary N) is 2. The van der Waals surface area contributed by atoms with Crippen molar-refractivity contribution in [2.24, 2.45) is 0 Å². The number of rotatable bonds is 2. The van der Waals surface area contributed by atoms with Crippen molar-refractivity contribution in [2.45, 2.75) is 26.2 Å². The van der Waals surface area contributed by atoms with Crippen LogP contribution in [0.5, 0.6) is 11.8 Å². The van der Waals surface area contributed by atoms with Gasteiger partial charge in [0.25, 0.3) is 5.91 Å². The molecule has 6 rings (SSSR count). The van der Waals surface area contributed by atoms with Crippen molar-refractivity contribution in [3.63, 3.8) is 0 Å². The smallest absolute Gasteiger partial charge is 0.289 e. The Hall–Kier alpha value is -3.43. The van der Waals surface area contributed by atoms with Crippen LogP contribution in [0.2, 0.25) is 5.28 Å².